The summed E-state index contributed by atoms with van der Waals surface area (Å²) in [5.74, 6) is 0. The van der Waals surface area contributed by atoms with Crippen molar-refractivity contribution in [1.82, 2.24) is 0 Å². The molecule has 0 bridgehead atoms. The second-order valence-electron chi connectivity index (χ2n) is 3.00. The fraction of sp³-hybridized carbons (Fsp3) is 0.667. The number of hydrogen-bond acceptors (Lipinski definition) is 4. The van der Waals surface area contributed by atoms with Crippen LogP contribution in [0.3, 0.4) is 0 Å². The fourth-order valence-corrected chi connectivity index (χ4v) is 1.54. The third-order valence-electron chi connectivity index (χ3n) is 2.11. The zero-order valence-electron chi connectivity index (χ0n) is 7.29. The molecule has 0 heterocycles. The van der Waals surface area contributed by atoms with E-state index in [1.165, 1.54) is 0 Å². The molecular formula is C6H14N2O2Si. The number of nitrogens with zero attached hydrogens (tertiary/aromatic N) is 2. The van der Waals surface area contributed by atoms with Gasteiger partial charge in [-0.1, -0.05) is 13.1 Å². The summed E-state index contributed by atoms with van der Waals surface area (Å²) in [4.78, 5) is 0. The molecule has 64 valence electrons. The molecule has 5 heteroatoms. The van der Waals surface area contributed by atoms with Crippen LogP contribution in [0.2, 0.25) is 13.1 Å². The van der Waals surface area contributed by atoms with Gasteiger partial charge in [-0.25, -0.2) is 0 Å². The lowest BCUT2D eigenvalue weighted by molar-refractivity contribution is 0.319. The molecule has 0 aliphatic rings. The normalized spacial score (nSPS) is 15.3. The lowest BCUT2D eigenvalue weighted by Crippen LogP contribution is -2.43. The van der Waals surface area contributed by atoms with Gasteiger partial charge >= 0.3 is 0 Å². The number of hydrogen-bond donors (Lipinski definition) is 2. The van der Waals surface area contributed by atoms with Gasteiger partial charge in [0, 0.05) is 10.7 Å². The molecule has 0 aromatic rings. The molecular weight excluding hydrogens is 160 g/mol. The molecule has 0 saturated heterocycles. The van der Waals surface area contributed by atoms with Gasteiger partial charge in [0.2, 0.25) is 0 Å². The maximum absolute atomic E-state index is 8.50. The van der Waals surface area contributed by atoms with Gasteiger partial charge in [0.05, 0.1) is 0 Å². The van der Waals surface area contributed by atoms with Crippen molar-refractivity contribution in [2.75, 3.05) is 0 Å². The van der Waals surface area contributed by atoms with Crippen molar-refractivity contribution < 1.29 is 10.4 Å². The van der Waals surface area contributed by atoms with Crippen LogP contribution in [0, 0.1) is 0 Å². The van der Waals surface area contributed by atoms with Crippen molar-refractivity contribution in [1.29, 1.82) is 0 Å². The van der Waals surface area contributed by atoms with Gasteiger partial charge in [0.1, 0.15) is 0 Å². The lowest BCUT2D eigenvalue weighted by Gasteiger charge is -2.18. The average Bonchev–Trinajstić information content (AvgIpc) is 2.01. The Kier molecular flexibility index (Phi) is 3.25. The van der Waals surface area contributed by atoms with Gasteiger partial charge < -0.3 is 10.4 Å². The van der Waals surface area contributed by atoms with E-state index < -0.39 is 8.07 Å². The summed E-state index contributed by atoms with van der Waals surface area (Å²) in [7, 11) is -1.91. The molecule has 0 fully saturated rings. The largest absolute Gasteiger partial charge is 0.411 e. The van der Waals surface area contributed by atoms with Crippen LogP contribution in [-0.4, -0.2) is 29.2 Å². The van der Waals surface area contributed by atoms with Gasteiger partial charge in [-0.2, -0.15) is 0 Å². The molecule has 0 aliphatic heterocycles. The Labute approximate surface area is 67.2 Å². The van der Waals surface area contributed by atoms with Gasteiger partial charge in [-0.3, -0.25) is 0 Å². The molecule has 0 radical (unpaired) electrons. The Hall–Kier alpha value is -0.843. The minimum absolute atomic E-state index is 0.660. The lowest BCUT2D eigenvalue weighted by atomic mass is 10.9. The summed E-state index contributed by atoms with van der Waals surface area (Å²) >= 11 is 0. The molecule has 4 nitrogen and oxygen atoms in total. The van der Waals surface area contributed by atoms with Crippen molar-refractivity contribution in [3.8, 4) is 0 Å². The third-order valence-corrected chi connectivity index (χ3v) is 5.93. The second kappa shape index (κ2) is 3.52. The van der Waals surface area contributed by atoms with Crippen LogP contribution in [0.4, 0.5) is 0 Å². The van der Waals surface area contributed by atoms with Gasteiger partial charge in [-0.05, 0) is 13.8 Å². The first-order valence-electron chi connectivity index (χ1n) is 3.35. The average molecular weight is 174 g/mol. The summed E-state index contributed by atoms with van der Waals surface area (Å²) in [6, 6.07) is 0. The number of oxime groups is 2. The zero-order valence-corrected chi connectivity index (χ0v) is 8.29. The quantitative estimate of drug-likeness (QED) is 0.288. The van der Waals surface area contributed by atoms with E-state index in [4.69, 9.17) is 10.4 Å². The van der Waals surface area contributed by atoms with Gasteiger partial charge in [0.15, 0.2) is 8.07 Å². The van der Waals surface area contributed by atoms with E-state index in [2.05, 4.69) is 10.3 Å². The maximum atomic E-state index is 8.50. The molecule has 2 N–H and O–H groups in total. The van der Waals surface area contributed by atoms with Crippen LogP contribution in [0.15, 0.2) is 10.3 Å². The number of rotatable bonds is 2. The molecule has 0 spiro atoms. The minimum Gasteiger partial charge on any atom is -0.411 e. The Bertz CT molecular complexity index is 179. The standard InChI is InChI=1S/C6H14N2O2Si/c1-5(7-9)11(3,4)6(2)8-10/h9-10H,1-4H3. The summed E-state index contributed by atoms with van der Waals surface area (Å²) in [5, 5.41) is 24.6. The Balaban J connectivity index is 4.73. The molecule has 0 aliphatic carbocycles. The Morgan fingerprint density at radius 2 is 1.27 bits per heavy atom. The molecule has 0 aromatic carbocycles. The highest BCUT2D eigenvalue weighted by Crippen LogP contribution is 2.07. The summed E-state index contributed by atoms with van der Waals surface area (Å²) in [6.45, 7) is 7.38. The van der Waals surface area contributed by atoms with E-state index in [0.717, 1.165) is 0 Å². The smallest absolute Gasteiger partial charge is 0.156 e. The first-order chi connectivity index (χ1) is 4.96. The second-order valence-corrected chi connectivity index (χ2v) is 7.69. The summed E-state index contributed by atoms with van der Waals surface area (Å²) in [5.41, 5.74) is 0. The van der Waals surface area contributed by atoms with E-state index in [1.807, 2.05) is 13.1 Å². The molecule has 0 aromatic heterocycles. The molecule has 11 heavy (non-hydrogen) atoms. The SMILES string of the molecule is CC(=NO)[Si](C)(C)C(C)=NO. The van der Waals surface area contributed by atoms with Crippen LogP contribution < -0.4 is 0 Å². The van der Waals surface area contributed by atoms with Crippen molar-refractivity contribution in [2.45, 2.75) is 26.9 Å². The van der Waals surface area contributed by atoms with Crippen LogP contribution in [0.25, 0.3) is 0 Å². The third kappa shape index (κ3) is 2.04. The van der Waals surface area contributed by atoms with E-state index in [1.54, 1.807) is 13.8 Å². The predicted octanol–water partition coefficient (Wildman–Crippen LogP) is 1.47. The molecule has 0 amide bonds. The van der Waals surface area contributed by atoms with E-state index in [0.29, 0.717) is 10.7 Å². The van der Waals surface area contributed by atoms with Crippen LogP contribution in [0.5, 0.6) is 0 Å². The highest BCUT2D eigenvalue weighted by Gasteiger charge is 2.29. The van der Waals surface area contributed by atoms with E-state index >= 15 is 0 Å². The van der Waals surface area contributed by atoms with Crippen molar-refractivity contribution in [3.05, 3.63) is 0 Å². The van der Waals surface area contributed by atoms with Crippen LogP contribution in [0.1, 0.15) is 13.8 Å². The first kappa shape index (κ1) is 10.2. The zero-order chi connectivity index (χ0) is 9.07. The van der Waals surface area contributed by atoms with Crippen molar-refractivity contribution >= 4 is 18.7 Å². The van der Waals surface area contributed by atoms with Crippen molar-refractivity contribution in [2.24, 2.45) is 10.3 Å². The fourth-order valence-electron chi connectivity index (χ4n) is 0.512. The molecule has 0 saturated carbocycles. The van der Waals surface area contributed by atoms with Crippen molar-refractivity contribution in [3.63, 3.8) is 0 Å². The summed E-state index contributed by atoms with van der Waals surface area (Å²) < 4.78 is 0. The highest BCUT2D eigenvalue weighted by molar-refractivity contribution is 7.24. The van der Waals surface area contributed by atoms with Gasteiger partial charge in [0.25, 0.3) is 0 Å². The monoisotopic (exact) mass is 174 g/mol. The van der Waals surface area contributed by atoms with Crippen LogP contribution >= 0.6 is 0 Å². The topological polar surface area (TPSA) is 65.2 Å². The minimum atomic E-state index is -1.91. The molecule has 0 unspecified atom stereocenters. The Morgan fingerprint density at radius 3 is 1.45 bits per heavy atom. The van der Waals surface area contributed by atoms with E-state index in [9.17, 15) is 0 Å². The van der Waals surface area contributed by atoms with Gasteiger partial charge in [-0.15, -0.1) is 10.3 Å². The highest BCUT2D eigenvalue weighted by atomic mass is 28.3. The molecule has 0 atom stereocenters. The summed E-state index contributed by atoms with van der Waals surface area (Å²) in [6.07, 6.45) is 0. The van der Waals surface area contributed by atoms with Crippen LogP contribution in [-0.2, 0) is 0 Å². The first-order valence-corrected chi connectivity index (χ1v) is 6.35. The maximum Gasteiger partial charge on any atom is 0.156 e. The van der Waals surface area contributed by atoms with E-state index in [-0.39, 0.29) is 0 Å². The molecule has 0 rings (SSSR count). The predicted molar refractivity (Wildman–Crippen MR) is 47.3 cm³/mol. The Morgan fingerprint density at radius 1 is 1.00 bits per heavy atom.